The van der Waals surface area contributed by atoms with Crippen LogP contribution in [0.4, 0.5) is 18.9 Å². The highest BCUT2D eigenvalue weighted by Gasteiger charge is 2.31. The van der Waals surface area contributed by atoms with Crippen molar-refractivity contribution in [3.8, 4) is 17.2 Å². The number of nitrogens with zero attached hydrogens (tertiary/aromatic N) is 1. The summed E-state index contributed by atoms with van der Waals surface area (Å²) in [6, 6.07) is 12.4. The summed E-state index contributed by atoms with van der Waals surface area (Å²) < 4.78 is 56.5. The highest BCUT2D eigenvalue weighted by Crippen LogP contribution is 2.42. The second-order valence-corrected chi connectivity index (χ2v) is 10.4. The Kier molecular flexibility index (Phi) is 10.1. The minimum atomic E-state index is -4.54. The standard InChI is InChI=1S/C28H26Br2F3NO5/c1-5-38-25(35)15-34(27(36)17-6-8-18(9-7-17)28(31,32)33)19-12-22(29)26(23(30)13-19)39-20-10-11-24(37-4)21(14-20)16(2)3/h6-14,16H,5,15H2,1-4H3. The van der Waals surface area contributed by atoms with Gasteiger partial charge in [-0.05, 0) is 99.3 Å². The summed E-state index contributed by atoms with van der Waals surface area (Å²) in [5.74, 6) is 0.535. The van der Waals surface area contributed by atoms with E-state index in [-0.39, 0.29) is 23.8 Å². The molecule has 39 heavy (non-hydrogen) atoms. The second kappa shape index (κ2) is 12.9. The number of amides is 1. The molecule has 0 fully saturated rings. The monoisotopic (exact) mass is 671 g/mol. The Hall–Kier alpha value is -3.05. The molecular weight excluding hydrogens is 647 g/mol. The van der Waals surface area contributed by atoms with E-state index in [0.29, 0.717) is 20.4 Å². The SMILES string of the molecule is CCOC(=O)CN(C(=O)c1ccc(C(F)(F)F)cc1)c1cc(Br)c(Oc2ccc(OC)c(C(C)C)c2)c(Br)c1. The maximum absolute atomic E-state index is 13.4. The van der Waals surface area contributed by atoms with Crippen LogP contribution in [0.2, 0.25) is 0 Å². The molecule has 1 amide bonds. The number of carbonyl (C=O) groups excluding carboxylic acids is 2. The average molecular weight is 673 g/mol. The average Bonchev–Trinajstić information content (AvgIpc) is 2.88. The zero-order valence-corrected chi connectivity index (χ0v) is 24.7. The topological polar surface area (TPSA) is 65.1 Å². The maximum atomic E-state index is 13.4. The van der Waals surface area contributed by atoms with Crippen molar-refractivity contribution in [3.05, 3.63) is 80.2 Å². The first-order valence-electron chi connectivity index (χ1n) is 11.8. The van der Waals surface area contributed by atoms with Crippen LogP contribution in [0.15, 0.2) is 63.5 Å². The van der Waals surface area contributed by atoms with Crippen LogP contribution in [0.3, 0.4) is 0 Å². The van der Waals surface area contributed by atoms with Gasteiger partial charge < -0.3 is 14.2 Å². The van der Waals surface area contributed by atoms with E-state index < -0.39 is 30.2 Å². The summed E-state index contributed by atoms with van der Waals surface area (Å²) in [5, 5.41) is 0. The third-order valence-electron chi connectivity index (χ3n) is 5.63. The number of alkyl halides is 3. The van der Waals surface area contributed by atoms with Gasteiger partial charge in [0.05, 0.1) is 28.2 Å². The van der Waals surface area contributed by atoms with Gasteiger partial charge in [0.1, 0.15) is 18.0 Å². The third kappa shape index (κ3) is 7.54. The van der Waals surface area contributed by atoms with Crippen molar-refractivity contribution in [1.29, 1.82) is 0 Å². The van der Waals surface area contributed by atoms with E-state index >= 15 is 0 Å². The van der Waals surface area contributed by atoms with Crippen molar-refractivity contribution >= 4 is 49.4 Å². The zero-order valence-electron chi connectivity index (χ0n) is 21.6. The molecule has 6 nitrogen and oxygen atoms in total. The molecule has 0 unspecified atom stereocenters. The van der Waals surface area contributed by atoms with Gasteiger partial charge in [-0.3, -0.25) is 14.5 Å². The molecule has 0 N–H and O–H groups in total. The van der Waals surface area contributed by atoms with Crippen LogP contribution in [0, 0.1) is 0 Å². The lowest BCUT2D eigenvalue weighted by molar-refractivity contribution is -0.141. The lowest BCUT2D eigenvalue weighted by Crippen LogP contribution is -2.36. The fourth-order valence-corrected chi connectivity index (χ4v) is 5.04. The predicted molar refractivity (Wildman–Crippen MR) is 149 cm³/mol. The van der Waals surface area contributed by atoms with Gasteiger partial charge in [-0.25, -0.2) is 0 Å². The van der Waals surface area contributed by atoms with E-state index in [1.807, 2.05) is 26.0 Å². The fourth-order valence-electron chi connectivity index (χ4n) is 3.72. The molecule has 0 aliphatic carbocycles. The Morgan fingerprint density at radius 2 is 1.59 bits per heavy atom. The Labute approximate surface area is 241 Å². The summed E-state index contributed by atoms with van der Waals surface area (Å²) >= 11 is 6.95. The molecule has 3 aromatic carbocycles. The quantitative estimate of drug-likeness (QED) is 0.214. The number of carbonyl (C=O) groups is 2. The first kappa shape index (κ1) is 30.5. The van der Waals surface area contributed by atoms with E-state index in [2.05, 4.69) is 31.9 Å². The van der Waals surface area contributed by atoms with Crippen LogP contribution in [-0.2, 0) is 15.7 Å². The van der Waals surface area contributed by atoms with Crippen LogP contribution in [-0.4, -0.2) is 32.1 Å². The highest BCUT2D eigenvalue weighted by atomic mass is 79.9. The normalized spacial score (nSPS) is 11.3. The molecule has 0 aliphatic heterocycles. The van der Waals surface area contributed by atoms with Gasteiger partial charge in [0.15, 0.2) is 5.75 Å². The molecule has 0 saturated heterocycles. The van der Waals surface area contributed by atoms with Crippen molar-refractivity contribution in [2.24, 2.45) is 0 Å². The summed E-state index contributed by atoms with van der Waals surface area (Å²) in [7, 11) is 1.60. The summed E-state index contributed by atoms with van der Waals surface area (Å²) in [5.41, 5.74) is 0.333. The van der Waals surface area contributed by atoms with Gasteiger partial charge in [-0.15, -0.1) is 0 Å². The Bertz CT molecular complexity index is 1320. The molecule has 3 rings (SSSR count). The maximum Gasteiger partial charge on any atom is 0.416 e. The molecule has 0 bridgehead atoms. The summed E-state index contributed by atoms with van der Waals surface area (Å²) in [6.45, 7) is 5.34. The molecule has 0 aromatic heterocycles. The lowest BCUT2D eigenvalue weighted by Gasteiger charge is -2.24. The number of hydrogen-bond acceptors (Lipinski definition) is 5. The van der Waals surface area contributed by atoms with Gasteiger partial charge in [0.2, 0.25) is 0 Å². The largest absolute Gasteiger partial charge is 0.496 e. The van der Waals surface area contributed by atoms with Crippen LogP contribution in [0.1, 0.15) is 48.2 Å². The van der Waals surface area contributed by atoms with Crippen LogP contribution in [0.5, 0.6) is 17.2 Å². The number of rotatable bonds is 9. The number of esters is 1. The molecule has 3 aromatic rings. The van der Waals surface area contributed by atoms with Crippen molar-refractivity contribution in [2.75, 3.05) is 25.2 Å². The third-order valence-corrected chi connectivity index (χ3v) is 6.81. The number of halogens is 5. The van der Waals surface area contributed by atoms with E-state index in [4.69, 9.17) is 14.2 Å². The Morgan fingerprint density at radius 3 is 2.10 bits per heavy atom. The van der Waals surface area contributed by atoms with Crippen LogP contribution >= 0.6 is 31.9 Å². The number of hydrogen-bond donors (Lipinski definition) is 0. The van der Waals surface area contributed by atoms with Gasteiger partial charge in [0, 0.05) is 16.8 Å². The molecule has 0 radical (unpaired) electrons. The van der Waals surface area contributed by atoms with E-state index in [9.17, 15) is 22.8 Å². The predicted octanol–water partition coefficient (Wildman–Crippen LogP) is 8.36. The van der Waals surface area contributed by atoms with Gasteiger partial charge in [0.25, 0.3) is 5.91 Å². The van der Waals surface area contributed by atoms with Crippen molar-refractivity contribution in [2.45, 2.75) is 32.9 Å². The van der Waals surface area contributed by atoms with Crippen LogP contribution in [0.25, 0.3) is 0 Å². The molecule has 0 atom stereocenters. The molecule has 208 valence electrons. The van der Waals surface area contributed by atoms with E-state index in [1.54, 1.807) is 32.2 Å². The smallest absolute Gasteiger partial charge is 0.416 e. The van der Waals surface area contributed by atoms with E-state index in [1.165, 1.54) is 0 Å². The molecule has 0 spiro atoms. The number of anilines is 1. The van der Waals surface area contributed by atoms with Gasteiger partial charge >= 0.3 is 12.1 Å². The summed E-state index contributed by atoms with van der Waals surface area (Å²) in [6.07, 6.45) is -4.54. The molecule has 11 heteroatoms. The minimum Gasteiger partial charge on any atom is -0.496 e. The number of methoxy groups -OCH3 is 1. The van der Waals surface area contributed by atoms with Gasteiger partial charge in [-0.1, -0.05) is 13.8 Å². The van der Waals surface area contributed by atoms with Crippen molar-refractivity contribution in [1.82, 2.24) is 0 Å². The molecular formula is C28H26Br2F3NO5. The van der Waals surface area contributed by atoms with Gasteiger partial charge in [-0.2, -0.15) is 13.2 Å². The fraction of sp³-hybridized carbons (Fsp3) is 0.286. The number of ether oxygens (including phenoxy) is 3. The Balaban J connectivity index is 1.98. The van der Waals surface area contributed by atoms with Crippen molar-refractivity contribution < 1.29 is 37.0 Å². The van der Waals surface area contributed by atoms with Crippen molar-refractivity contribution in [3.63, 3.8) is 0 Å². The van der Waals surface area contributed by atoms with Crippen LogP contribution < -0.4 is 14.4 Å². The minimum absolute atomic E-state index is 0.0284. The summed E-state index contributed by atoms with van der Waals surface area (Å²) in [4.78, 5) is 26.8. The lowest BCUT2D eigenvalue weighted by atomic mass is 10.0. The number of benzene rings is 3. The Morgan fingerprint density at radius 1 is 0.974 bits per heavy atom. The van der Waals surface area contributed by atoms with E-state index in [0.717, 1.165) is 40.5 Å². The first-order valence-corrected chi connectivity index (χ1v) is 13.4. The highest BCUT2D eigenvalue weighted by molar-refractivity contribution is 9.11. The first-order chi connectivity index (χ1) is 18.3. The molecule has 0 aliphatic rings. The zero-order chi connectivity index (χ0) is 28.9. The molecule has 0 saturated carbocycles. The second-order valence-electron chi connectivity index (χ2n) is 8.67. The molecule has 0 heterocycles.